The molecule has 5 nitrogen and oxygen atoms in total. The molecule has 0 radical (unpaired) electrons. The smallest absolute Gasteiger partial charge is 0.187 e. The number of morpholine rings is 1. The number of rotatable bonds is 5. The second kappa shape index (κ2) is 9.51. The Morgan fingerprint density at radius 2 is 1.70 bits per heavy atom. The summed E-state index contributed by atoms with van der Waals surface area (Å²) < 4.78 is 5.36. The molecule has 168 valence electrons. The Morgan fingerprint density at radius 3 is 2.45 bits per heavy atom. The average Bonchev–Trinajstić information content (AvgIpc) is 2.87. The molecule has 1 N–H and O–H groups in total. The summed E-state index contributed by atoms with van der Waals surface area (Å²) in [6.45, 7) is 3.88. The summed E-state index contributed by atoms with van der Waals surface area (Å²) in [7, 11) is 0. The van der Waals surface area contributed by atoms with E-state index in [1.165, 1.54) is 11.1 Å². The lowest BCUT2D eigenvalue weighted by atomic mass is 9.87. The fourth-order valence-electron chi connectivity index (χ4n) is 4.70. The van der Waals surface area contributed by atoms with Crippen LogP contribution in [-0.2, 0) is 11.2 Å². The fourth-order valence-corrected chi connectivity index (χ4v) is 4.70. The number of anilines is 1. The molecule has 1 fully saturated rings. The van der Waals surface area contributed by atoms with Crippen molar-refractivity contribution in [3.8, 4) is 5.75 Å². The van der Waals surface area contributed by atoms with Crippen molar-refractivity contribution >= 4 is 11.5 Å². The molecule has 2 heterocycles. The van der Waals surface area contributed by atoms with Crippen LogP contribution in [0.3, 0.4) is 0 Å². The number of aromatic hydroxyl groups is 1. The first-order chi connectivity index (χ1) is 16.2. The number of fused-ring (bicyclic) bond motifs is 1. The van der Waals surface area contributed by atoms with Crippen molar-refractivity contribution in [2.75, 3.05) is 37.7 Å². The first kappa shape index (κ1) is 21.3. The van der Waals surface area contributed by atoms with Gasteiger partial charge in [-0.1, -0.05) is 48.5 Å². The summed E-state index contributed by atoms with van der Waals surface area (Å²) in [5.74, 6) is 0.301. The third kappa shape index (κ3) is 4.64. The molecular weight excluding hydrogens is 412 g/mol. The number of nitrogens with zero attached hydrogens (tertiary/aromatic N) is 2. The Balaban J connectivity index is 1.43. The fraction of sp³-hybridized carbons (Fsp3) is 0.250. The lowest BCUT2D eigenvalue weighted by molar-refractivity contribution is 0.0591. The third-order valence-electron chi connectivity index (χ3n) is 6.44. The number of carbonyl (C=O) groups excluding carboxylic acids is 1. The van der Waals surface area contributed by atoms with E-state index in [2.05, 4.69) is 46.2 Å². The van der Waals surface area contributed by atoms with Crippen molar-refractivity contribution in [2.24, 2.45) is 0 Å². The molecule has 2 aliphatic rings. The Morgan fingerprint density at radius 1 is 0.939 bits per heavy atom. The molecule has 1 atom stereocenters. The zero-order valence-corrected chi connectivity index (χ0v) is 18.6. The van der Waals surface area contributed by atoms with Crippen LogP contribution in [0.25, 0.3) is 0 Å². The topological polar surface area (TPSA) is 53.0 Å². The summed E-state index contributed by atoms with van der Waals surface area (Å²) in [5.41, 5.74) is 5.32. The third-order valence-corrected chi connectivity index (χ3v) is 6.44. The van der Waals surface area contributed by atoms with Gasteiger partial charge in [-0.2, -0.15) is 0 Å². The number of para-hydroxylation sites is 1. The van der Waals surface area contributed by atoms with Gasteiger partial charge >= 0.3 is 0 Å². The lowest BCUT2D eigenvalue weighted by Gasteiger charge is -2.39. The molecule has 0 spiro atoms. The molecule has 0 aromatic heterocycles. The first-order valence-electron chi connectivity index (χ1n) is 11.5. The molecule has 1 unspecified atom stereocenters. The predicted molar refractivity (Wildman–Crippen MR) is 130 cm³/mol. The number of carbonyl (C=O) groups is 1. The highest BCUT2D eigenvalue weighted by molar-refractivity contribution is 6.04. The highest BCUT2D eigenvalue weighted by Crippen LogP contribution is 2.39. The van der Waals surface area contributed by atoms with Gasteiger partial charge in [0.2, 0.25) is 0 Å². The highest BCUT2D eigenvalue weighted by atomic mass is 16.5. The Labute approximate surface area is 194 Å². The van der Waals surface area contributed by atoms with Crippen LogP contribution in [0.4, 0.5) is 5.69 Å². The number of ether oxygens (including phenoxy) is 1. The first-order valence-corrected chi connectivity index (χ1v) is 11.5. The van der Waals surface area contributed by atoms with Gasteiger partial charge in [-0.3, -0.25) is 4.79 Å². The number of hydrogen-bond acceptors (Lipinski definition) is 5. The van der Waals surface area contributed by atoms with Crippen molar-refractivity contribution in [3.05, 3.63) is 107 Å². The lowest BCUT2D eigenvalue weighted by Crippen LogP contribution is -2.36. The van der Waals surface area contributed by atoms with Crippen LogP contribution < -0.4 is 4.90 Å². The van der Waals surface area contributed by atoms with Gasteiger partial charge < -0.3 is 19.6 Å². The van der Waals surface area contributed by atoms with E-state index in [-0.39, 0.29) is 11.8 Å². The summed E-state index contributed by atoms with van der Waals surface area (Å²) in [5, 5.41) is 10.0. The maximum atomic E-state index is 12.7. The van der Waals surface area contributed by atoms with Gasteiger partial charge in [-0.05, 0) is 47.4 Å². The van der Waals surface area contributed by atoms with E-state index in [1.807, 2.05) is 36.5 Å². The van der Waals surface area contributed by atoms with Gasteiger partial charge in [0.15, 0.2) is 5.78 Å². The molecule has 33 heavy (non-hydrogen) atoms. The standard InChI is InChI=1S/C28H28N2O3/c31-25-10-11-26-23(20-25)12-15-30(24-4-2-1-3-5-24)28(26)22-8-6-21(7-9-22)27(32)13-14-29-16-18-33-19-17-29/h1-11,13-14,20,28,31H,12,15-19H2/b14-13+. The normalized spacial score (nSPS) is 18.4. The minimum atomic E-state index is 0.00178. The quantitative estimate of drug-likeness (QED) is 0.465. The molecule has 1 saturated heterocycles. The van der Waals surface area contributed by atoms with Crippen molar-refractivity contribution in [1.29, 1.82) is 0 Å². The Bertz CT molecular complexity index is 1140. The van der Waals surface area contributed by atoms with Crippen LogP contribution in [0, 0.1) is 0 Å². The summed E-state index contributed by atoms with van der Waals surface area (Å²) in [4.78, 5) is 17.2. The molecular formula is C28H28N2O3. The molecule has 5 rings (SSSR count). The van der Waals surface area contributed by atoms with Gasteiger partial charge in [0.1, 0.15) is 5.75 Å². The van der Waals surface area contributed by atoms with Crippen LogP contribution in [0.15, 0.2) is 85.1 Å². The number of phenolic OH excluding ortho intramolecular Hbond substituents is 1. The van der Waals surface area contributed by atoms with Gasteiger partial charge in [-0.25, -0.2) is 0 Å². The summed E-state index contributed by atoms with van der Waals surface area (Å²) in [6.07, 6.45) is 4.40. The van der Waals surface area contributed by atoms with E-state index in [0.717, 1.165) is 37.3 Å². The van der Waals surface area contributed by atoms with E-state index < -0.39 is 0 Å². The SMILES string of the molecule is O=C(/C=C/N1CCOCC1)c1ccc(C2c3ccc(O)cc3CCN2c2ccccc2)cc1. The van der Waals surface area contributed by atoms with Crippen molar-refractivity contribution < 1.29 is 14.6 Å². The largest absolute Gasteiger partial charge is 0.508 e. The van der Waals surface area contributed by atoms with Crippen LogP contribution in [0.5, 0.6) is 5.75 Å². The van der Waals surface area contributed by atoms with Crippen LogP contribution >= 0.6 is 0 Å². The maximum absolute atomic E-state index is 12.7. The molecule has 2 aliphatic heterocycles. The number of allylic oxidation sites excluding steroid dienone is 1. The zero-order valence-electron chi connectivity index (χ0n) is 18.6. The number of hydrogen-bond donors (Lipinski definition) is 1. The van der Waals surface area contributed by atoms with Gasteiger partial charge in [-0.15, -0.1) is 0 Å². The van der Waals surface area contributed by atoms with Crippen LogP contribution in [0.1, 0.15) is 33.1 Å². The van der Waals surface area contributed by atoms with E-state index in [1.54, 1.807) is 12.1 Å². The molecule has 0 bridgehead atoms. The minimum Gasteiger partial charge on any atom is -0.508 e. The van der Waals surface area contributed by atoms with E-state index >= 15 is 0 Å². The molecule has 0 saturated carbocycles. The predicted octanol–water partition coefficient (Wildman–Crippen LogP) is 4.57. The minimum absolute atomic E-state index is 0.00178. The number of ketones is 1. The molecule has 3 aromatic rings. The summed E-state index contributed by atoms with van der Waals surface area (Å²) in [6, 6.07) is 24.0. The monoisotopic (exact) mass is 440 g/mol. The molecule has 0 aliphatic carbocycles. The summed E-state index contributed by atoms with van der Waals surface area (Å²) >= 11 is 0. The second-order valence-corrected chi connectivity index (χ2v) is 8.51. The average molecular weight is 441 g/mol. The van der Waals surface area contributed by atoms with Gasteiger partial charge in [0.05, 0.1) is 19.3 Å². The number of phenols is 1. The van der Waals surface area contributed by atoms with E-state index in [0.29, 0.717) is 24.5 Å². The maximum Gasteiger partial charge on any atom is 0.187 e. The van der Waals surface area contributed by atoms with E-state index in [9.17, 15) is 9.90 Å². The van der Waals surface area contributed by atoms with E-state index in [4.69, 9.17) is 4.74 Å². The highest BCUT2D eigenvalue weighted by Gasteiger charge is 2.29. The Kier molecular flexibility index (Phi) is 6.13. The van der Waals surface area contributed by atoms with Crippen molar-refractivity contribution in [3.63, 3.8) is 0 Å². The van der Waals surface area contributed by atoms with Crippen LogP contribution in [0.2, 0.25) is 0 Å². The van der Waals surface area contributed by atoms with Crippen molar-refractivity contribution in [2.45, 2.75) is 12.5 Å². The van der Waals surface area contributed by atoms with Crippen LogP contribution in [-0.4, -0.2) is 48.6 Å². The second-order valence-electron chi connectivity index (χ2n) is 8.51. The molecule has 5 heteroatoms. The number of benzene rings is 3. The van der Waals surface area contributed by atoms with Gasteiger partial charge in [0, 0.05) is 43.2 Å². The van der Waals surface area contributed by atoms with Gasteiger partial charge in [0.25, 0.3) is 0 Å². The molecule has 0 amide bonds. The zero-order chi connectivity index (χ0) is 22.6. The Hall–Kier alpha value is -3.57. The van der Waals surface area contributed by atoms with Crippen molar-refractivity contribution in [1.82, 2.24) is 4.90 Å². The molecule has 3 aromatic carbocycles.